The van der Waals surface area contributed by atoms with Crippen LogP contribution >= 0.6 is 0 Å². The number of pyridine rings is 1. The normalized spacial score (nSPS) is 22.8. The van der Waals surface area contributed by atoms with Crippen molar-refractivity contribution in [2.24, 2.45) is 11.3 Å². The van der Waals surface area contributed by atoms with Crippen molar-refractivity contribution in [2.75, 3.05) is 31.5 Å². The number of aromatic nitrogens is 1. The van der Waals surface area contributed by atoms with E-state index in [0.717, 1.165) is 43.9 Å². The molecule has 1 amide bonds. The summed E-state index contributed by atoms with van der Waals surface area (Å²) in [4.78, 5) is 16.5. The van der Waals surface area contributed by atoms with Crippen LogP contribution in [0.2, 0.25) is 0 Å². The number of hydrogen-bond acceptors (Lipinski definition) is 4. The zero-order valence-corrected chi connectivity index (χ0v) is 12.6. The molecule has 114 valence electrons. The molecule has 1 aromatic heterocycles. The molecule has 2 fully saturated rings. The highest BCUT2D eigenvalue weighted by Crippen LogP contribution is 2.58. The third kappa shape index (κ3) is 3.35. The number of carbonyl (C=O) groups excluding carboxylic acids is 1. The van der Waals surface area contributed by atoms with E-state index in [1.165, 1.54) is 0 Å². The summed E-state index contributed by atoms with van der Waals surface area (Å²) in [5, 5.41) is 9.65. The molecule has 2 aliphatic rings. The number of nitrogens with zero attached hydrogens (tertiary/aromatic N) is 1. The second-order valence-electron chi connectivity index (χ2n) is 6.25. The standard InChI is InChI=1S/C16H24N4O/c1-12-3-2-4-14(20-12)18-9-10-19-15(21)13-11-16(13)5-7-17-8-6-16/h2-4,13,17H,5-11H2,1H3,(H,18,20)(H,19,21). The Balaban J connectivity index is 1.37. The van der Waals surface area contributed by atoms with Crippen molar-refractivity contribution >= 4 is 11.7 Å². The fraction of sp³-hybridized carbons (Fsp3) is 0.625. The molecule has 1 aliphatic carbocycles. The lowest BCUT2D eigenvalue weighted by Gasteiger charge is -2.23. The van der Waals surface area contributed by atoms with Crippen molar-refractivity contribution in [3.05, 3.63) is 23.9 Å². The molecule has 2 heterocycles. The van der Waals surface area contributed by atoms with E-state index in [9.17, 15) is 4.79 Å². The van der Waals surface area contributed by atoms with E-state index in [1.54, 1.807) is 0 Å². The molecule has 1 saturated heterocycles. The zero-order chi connectivity index (χ0) is 14.7. The highest BCUT2D eigenvalue weighted by molar-refractivity contribution is 5.82. The molecule has 3 rings (SSSR count). The van der Waals surface area contributed by atoms with Gasteiger partial charge in [-0.3, -0.25) is 4.79 Å². The van der Waals surface area contributed by atoms with Crippen molar-refractivity contribution in [2.45, 2.75) is 26.2 Å². The summed E-state index contributed by atoms with van der Waals surface area (Å²) in [6.07, 6.45) is 3.38. The fourth-order valence-corrected chi connectivity index (χ4v) is 3.34. The first-order chi connectivity index (χ1) is 10.2. The van der Waals surface area contributed by atoms with Crippen LogP contribution in [0, 0.1) is 18.3 Å². The minimum Gasteiger partial charge on any atom is -0.368 e. The summed E-state index contributed by atoms with van der Waals surface area (Å²) in [5.74, 6) is 1.35. The van der Waals surface area contributed by atoms with Crippen LogP contribution in [0.25, 0.3) is 0 Å². The minimum atomic E-state index is 0.232. The van der Waals surface area contributed by atoms with Crippen LogP contribution in [0.3, 0.4) is 0 Å². The largest absolute Gasteiger partial charge is 0.368 e. The summed E-state index contributed by atoms with van der Waals surface area (Å²) < 4.78 is 0. The number of piperidine rings is 1. The van der Waals surface area contributed by atoms with E-state index in [1.807, 2.05) is 25.1 Å². The fourth-order valence-electron chi connectivity index (χ4n) is 3.34. The van der Waals surface area contributed by atoms with Crippen LogP contribution in [0.5, 0.6) is 0 Å². The molecule has 1 atom stereocenters. The minimum absolute atomic E-state index is 0.232. The first-order valence-corrected chi connectivity index (χ1v) is 7.86. The van der Waals surface area contributed by atoms with Crippen molar-refractivity contribution in [3.8, 4) is 0 Å². The van der Waals surface area contributed by atoms with Crippen LogP contribution in [0.4, 0.5) is 5.82 Å². The molecule has 21 heavy (non-hydrogen) atoms. The van der Waals surface area contributed by atoms with E-state index in [0.29, 0.717) is 18.5 Å². The predicted molar refractivity (Wildman–Crippen MR) is 83.1 cm³/mol. The van der Waals surface area contributed by atoms with E-state index in [2.05, 4.69) is 20.9 Å². The Labute approximate surface area is 125 Å². The quantitative estimate of drug-likeness (QED) is 0.715. The Kier molecular flexibility index (Phi) is 4.10. The highest BCUT2D eigenvalue weighted by Gasteiger charge is 2.57. The van der Waals surface area contributed by atoms with Crippen LogP contribution in [0.15, 0.2) is 18.2 Å². The monoisotopic (exact) mass is 288 g/mol. The molecule has 5 heteroatoms. The van der Waals surface area contributed by atoms with Crippen molar-refractivity contribution in [1.82, 2.24) is 15.6 Å². The summed E-state index contributed by atoms with van der Waals surface area (Å²) in [5.41, 5.74) is 1.32. The van der Waals surface area contributed by atoms with Gasteiger partial charge in [-0.1, -0.05) is 6.07 Å². The van der Waals surface area contributed by atoms with Gasteiger partial charge in [0, 0.05) is 24.7 Å². The number of rotatable bonds is 5. The Hall–Kier alpha value is -1.62. The van der Waals surface area contributed by atoms with Crippen LogP contribution < -0.4 is 16.0 Å². The maximum Gasteiger partial charge on any atom is 0.223 e. The average Bonchev–Trinajstić information content (AvgIpc) is 3.18. The molecule has 0 bridgehead atoms. The Morgan fingerprint density at radius 2 is 2.19 bits per heavy atom. The molecule has 1 aliphatic heterocycles. The van der Waals surface area contributed by atoms with Crippen LogP contribution in [-0.2, 0) is 4.79 Å². The molecule has 0 aromatic carbocycles. The highest BCUT2D eigenvalue weighted by atomic mass is 16.2. The van der Waals surface area contributed by atoms with Crippen LogP contribution in [0.1, 0.15) is 25.0 Å². The summed E-state index contributed by atoms with van der Waals surface area (Å²) in [6, 6.07) is 5.90. The van der Waals surface area contributed by atoms with E-state index in [-0.39, 0.29) is 11.8 Å². The van der Waals surface area contributed by atoms with Crippen LogP contribution in [-0.4, -0.2) is 37.1 Å². The number of carbonyl (C=O) groups is 1. The molecule has 1 spiro atoms. The van der Waals surface area contributed by atoms with E-state index >= 15 is 0 Å². The maximum absolute atomic E-state index is 12.2. The topological polar surface area (TPSA) is 66.0 Å². The second-order valence-corrected chi connectivity index (χ2v) is 6.25. The van der Waals surface area contributed by atoms with Gasteiger partial charge in [0.1, 0.15) is 5.82 Å². The molecule has 1 saturated carbocycles. The van der Waals surface area contributed by atoms with Crippen molar-refractivity contribution in [1.29, 1.82) is 0 Å². The number of aryl methyl sites for hydroxylation is 1. The number of amides is 1. The Morgan fingerprint density at radius 1 is 1.38 bits per heavy atom. The van der Waals surface area contributed by atoms with E-state index in [4.69, 9.17) is 0 Å². The molecular weight excluding hydrogens is 264 g/mol. The lowest BCUT2D eigenvalue weighted by molar-refractivity contribution is -0.123. The third-order valence-electron chi connectivity index (χ3n) is 4.72. The van der Waals surface area contributed by atoms with Gasteiger partial charge in [-0.05, 0) is 56.8 Å². The van der Waals surface area contributed by atoms with Gasteiger partial charge in [-0.2, -0.15) is 0 Å². The smallest absolute Gasteiger partial charge is 0.223 e. The molecular formula is C16H24N4O. The third-order valence-corrected chi connectivity index (χ3v) is 4.72. The first kappa shape index (κ1) is 14.3. The SMILES string of the molecule is Cc1cccc(NCCNC(=O)C2CC23CCNCC3)n1. The Bertz CT molecular complexity index is 511. The number of anilines is 1. The second kappa shape index (κ2) is 6.02. The summed E-state index contributed by atoms with van der Waals surface area (Å²) >= 11 is 0. The van der Waals surface area contributed by atoms with Gasteiger partial charge in [-0.15, -0.1) is 0 Å². The number of nitrogens with one attached hydrogen (secondary N) is 3. The predicted octanol–water partition coefficient (Wildman–Crippen LogP) is 1.31. The maximum atomic E-state index is 12.2. The first-order valence-electron chi connectivity index (χ1n) is 7.86. The molecule has 1 unspecified atom stereocenters. The summed E-state index contributed by atoms with van der Waals surface area (Å²) in [7, 11) is 0. The summed E-state index contributed by atoms with van der Waals surface area (Å²) in [6.45, 7) is 5.45. The van der Waals surface area contributed by atoms with Gasteiger partial charge in [0.25, 0.3) is 0 Å². The Morgan fingerprint density at radius 3 is 2.95 bits per heavy atom. The van der Waals surface area contributed by atoms with E-state index < -0.39 is 0 Å². The van der Waals surface area contributed by atoms with Gasteiger partial charge in [0.05, 0.1) is 0 Å². The van der Waals surface area contributed by atoms with Crippen molar-refractivity contribution in [3.63, 3.8) is 0 Å². The zero-order valence-electron chi connectivity index (χ0n) is 12.6. The van der Waals surface area contributed by atoms with Gasteiger partial charge in [0.15, 0.2) is 0 Å². The van der Waals surface area contributed by atoms with Gasteiger partial charge in [0.2, 0.25) is 5.91 Å². The molecule has 1 aromatic rings. The lowest BCUT2D eigenvalue weighted by Crippen LogP contribution is -2.35. The molecule has 3 N–H and O–H groups in total. The van der Waals surface area contributed by atoms with Gasteiger partial charge >= 0.3 is 0 Å². The van der Waals surface area contributed by atoms with Gasteiger partial charge < -0.3 is 16.0 Å². The molecule has 0 radical (unpaired) electrons. The van der Waals surface area contributed by atoms with Crippen molar-refractivity contribution < 1.29 is 4.79 Å². The molecule has 5 nitrogen and oxygen atoms in total. The average molecular weight is 288 g/mol. The van der Waals surface area contributed by atoms with Gasteiger partial charge in [-0.25, -0.2) is 4.98 Å². The lowest BCUT2D eigenvalue weighted by atomic mass is 9.92. The number of hydrogen-bond donors (Lipinski definition) is 3.